The molecular weight excluding hydrogens is 212 g/mol. The molecule has 86 valence electrons. The second-order valence-electron chi connectivity index (χ2n) is 3.88. The Morgan fingerprint density at radius 1 is 1.24 bits per heavy atom. The van der Waals surface area contributed by atoms with E-state index in [2.05, 4.69) is 0 Å². The average Bonchev–Trinajstić information content (AvgIpc) is 2.35. The molecule has 0 atom stereocenters. The molecule has 0 amide bonds. The van der Waals surface area contributed by atoms with E-state index in [-0.39, 0.29) is 5.78 Å². The van der Waals surface area contributed by atoms with Crippen LogP contribution in [0.5, 0.6) is 5.75 Å². The minimum Gasteiger partial charge on any atom is -0.497 e. The van der Waals surface area contributed by atoms with Crippen molar-refractivity contribution in [3.63, 3.8) is 0 Å². The molecule has 0 saturated heterocycles. The topological polar surface area (TPSA) is 26.3 Å². The van der Waals surface area contributed by atoms with Crippen molar-refractivity contribution in [3.8, 4) is 5.75 Å². The molecule has 0 aliphatic rings. The van der Waals surface area contributed by atoms with Gasteiger partial charge in [0.05, 0.1) is 7.11 Å². The van der Waals surface area contributed by atoms with Gasteiger partial charge < -0.3 is 4.74 Å². The molecule has 0 fully saturated rings. The van der Waals surface area contributed by atoms with Crippen molar-refractivity contribution < 1.29 is 9.53 Å². The summed E-state index contributed by atoms with van der Waals surface area (Å²) in [5, 5.41) is 2.22. The average molecular weight is 226 g/mol. The van der Waals surface area contributed by atoms with Gasteiger partial charge in [-0.25, -0.2) is 0 Å². The Labute approximate surface area is 101 Å². The van der Waals surface area contributed by atoms with E-state index >= 15 is 0 Å². The molecule has 2 aromatic rings. The molecular formula is C15H14O2. The van der Waals surface area contributed by atoms with Crippen LogP contribution >= 0.6 is 0 Å². The van der Waals surface area contributed by atoms with Crippen LogP contribution in [0.3, 0.4) is 0 Å². The highest BCUT2D eigenvalue weighted by atomic mass is 16.5. The second-order valence-corrected chi connectivity index (χ2v) is 3.88. The quantitative estimate of drug-likeness (QED) is 0.749. The van der Waals surface area contributed by atoms with Gasteiger partial charge in [-0.3, -0.25) is 4.79 Å². The molecule has 0 spiro atoms. The first-order valence-corrected chi connectivity index (χ1v) is 5.46. The fraction of sp³-hybridized carbons (Fsp3) is 0.133. The SMILES string of the molecule is COc1ccc2c(C=CC(C)=O)cccc2c1. The number of carbonyl (C=O) groups is 1. The Balaban J connectivity index is 2.54. The summed E-state index contributed by atoms with van der Waals surface area (Å²) in [5.74, 6) is 0.890. The summed E-state index contributed by atoms with van der Waals surface area (Å²) in [5.41, 5.74) is 1.04. The van der Waals surface area contributed by atoms with E-state index in [0.717, 1.165) is 22.1 Å². The molecule has 0 heterocycles. The number of ketones is 1. The monoisotopic (exact) mass is 226 g/mol. The van der Waals surface area contributed by atoms with Crippen molar-refractivity contribution in [3.05, 3.63) is 48.0 Å². The largest absolute Gasteiger partial charge is 0.497 e. The predicted octanol–water partition coefficient (Wildman–Crippen LogP) is 3.45. The van der Waals surface area contributed by atoms with E-state index in [1.54, 1.807) is 20.1 Å². The van der Waals surface area contributed by atoms with Crippen LogP contribution in [-0.4, -0.2) is 12.9 Å². The maximum Gasteiger partial charge on any atom is 0.152 e. The van der Waals surface area contributed by atoms with Crippen LogP contribution in [-0.2, 0) is 4.79 Å². The standard InChI is InChI=1S/C15H14O2/c1-11(16)6-7-12-4-3-5-13-10-14(17-2)8-9-15(12)13/h3-10H,1-2H3. The Morgan fingerprint density at radius 3 is 2.76 bits per heavy atom. The molecule has 2 nitrogen and oxygen atoms in total. The molecule has 0 aliphatic heterocycles. The number of allylic oxidation sites excluding steroid dienone is 1. The van der Waals surface area contributed by atoms with Gasteiger partial charge in [0, 0.05) is 0 Å². The van der Waals surface area contributed by atoms with Crippen LogP contribution in [0.15, 0.2) is 42.5 Å². The molecule has 2 aromatic carbocycles. The van der Waals surface area contributed by atoms with Crippen LogP contribution in [0.2, 0.25) is 0 Å². The van der Waals surface area contributed by atoms with E-state index in [4.69, 9.17) is 4.74 Å². The van der Waals surface area contributed by atoms with Gasteiger partial charge >= 0.3 is 0 Å². The Morgan fingerprint density at radius 2 is 2.06 bits per heavy atom. The number of benzene rings is 2. The van der Waals surface area contributed by atoms with Crippen LogP contribution in [0.25, 0.3) is 16.8 Å². The summed E-state index contributed by atoms with van der Waals surface area (Å²) in [7, 11) is 1.65. The predicted molar refractivity (Wildman–Crippen MR) is 70.2 cm³/mol. The molecule has 2 rings (SSSR count). The zero-order valence-corrected chi connectivity index (χ0v) is 9.94. The first kappa shape index (κ1) is 11.4. The Bertz CT molecular complexity index is 582. The highest BCUT2D eigenvalue weighted by molar-refractivity contribution is 5.96. The normalized spacial score (nSPS) is 10.9. The zero-order chi connectivity index (χ0) is 12.3. The highest BCUT2D eigenvalue weighted by Crippen LogP contribution is 2.24. The lowest BCUT2D eigenvalue weighted by molar-refractivity contribution is -0.112. The van der Waals surface area contributed by atoms with Gasteiger partial charge in [0.1, 0.15) is 5.75 Å². The van der Waals surface area contributed by atoms with Crippen molar-refractivity contribution in [2.24, 2.45) is 0 Å². The van der Waals surface area contributed by atoms with Crippen molar-refractivity contribution in [1.82, 2.24) is 0 Å². The van der Waals surface area contributed by atoms with Crippen molar-refractivity contribution in [1.29, 1.82) is 0 Å². The zero-order valence-electron chi connectivity index (χ0n) is 9.94. The summed E-state index contributed by atoms with van der Waals surface area (Å²) in [6.45, 7) is 1.55. The summed E-state index contributed by atoms with van der Waals surface area (Å²) in [6, 6.07) is 11.9. The fourth-order valence-electron chi connectivity index (χ4n) is 1.77. The summed E-state index contributed by atoms with van der Waals surface area (Å²) in [4.78, 5) is 10.9. The lowest BCUT2D eigenvalue weighted by Gasteiger charge is -2.05. The minimum atomic E-state index is 0.0514. The molecule has 0 aliphatic carbocycles. The number of carbonyl (C=O) groups excluding carboxylic acids is 1. The van der Waals surface area contributed by atoms with Crippen LogP contribution in [0.4, 0.5) is 0 Å². The van der Waals surface area contributed by atoms with Gasteiger partial charge in [-0.1, -0.05) is 30.3 Å². The third-order valence-electron chi connectivity index (χ3n) is 2.62. The lowest BCUT2D eigenvalue weighted by atomic mass is 10.0. The van der Waals surface area contributed by atoms with Gasteiger partial charge in [0.2, 0.25) is 0 Å². The molecule has 0 aromatic heterocycles. The van der Waals surface area contributed by atoms with E-state index in [0.29, 0.717) is 0 Å². The van der Waals surface area contributed by atoms with Crippen molar-refractivity contribution in [2.75, 3.05) is 7.11 Å². The number of hydrogen-bond acceptors (Lipinski definition) is 2. The third-order valence-corrected chi connectivity index (χ3v) is 2.62. The van der Waals surface area contributed by atoms with Gasteiger partial charge in [-0.2, -0.15) is 0 Å². The van der Waals surface area contributed by atoms with Gasteiger partial charge in [-0.05, 0) is 41.5 Å². The Kier molecular flexibility index (Phi) is 3.24. The fourth-order valence-corrected chi connectivity index (χ4v) is 1.77. The molecule has 0 saturated carbocycles. The lowest BCUT2D eigenvalue weighted by Crippen LogP contribution is -1.85. The van der Waals surface area contributed by atoms with E-state index < -0.39 is 0 Å². The second kappa shape index (κ2) is 4.83. The number of rotatable bonds is 3. The number of hydrogen-bond donors (Lipinski definition) is 0. The highest BCUT2D eigenvalue weighted by Gasteiger charge is 1.99. The van der Waals surface area contributed by atoms with Gasteiger partial charge in [-0.15, -0.1) is 0 Å². The first-order valence-electron chi connectivity index (χ1n) is 5.46. The molecule has 0 unspecified atom stereocenters. The van der Waals surface area contributed by atoms with Crippen molar-refractivity contribution in [2.45, 2.75) is 6.92 Å². The maximum atomic E-state index is 10.9. The van der Waals surface area contributed by atoms with Crippen LogP contribution in [0, 0.1) is 0 Å². The number of fused-ring (bicyclic) bond motifs is 1. The van der Waals surface area contributed by atoms with E-state index in [1.165, 1.54) is 0 Å². The van der Waals surface area contributed by atoms with E-state index in [1.807, 2.05) is 42.5 Å². The van der Waals surface area contributed by atoms with Crippen LogP contribution < -0.4 is 4.74 Å². The molecule has 0 bridgehead atoms. The molecule has 0 radical (unpaired) electrons. The van der Waals surface area contributed by atoms with Gasteiger partial charge in [0.25, 0.3) is 0 Å². The summed E-state index contributed by atoms with van der Waals surface area (Å²) in [6.07, 6.45) is 3.43. The smallest absolute Gasteiger partial charge is 0.152 e. The summed E-state index contributed by atoms with van der Waals surface area (Å²) < 4.78 is 5.19. The molecule has 0 N–H and O–H groups in total. The number of methoxy groups -OCH3 is 1. The number of ether oxygens (including phenoxy) is 1. The van der Waals surface area contributed by atoms with E-state index in [9.17, 15) is 4.79 Å². The van der Waals surface area contributed by atoms with Crippen LogP contribution in [0.1, 0.15) is 12.5 Å². The van der Waals surface area contributed by atoms with Gasteiger partial charge in [0.15, 0.2) is 5.78 Å². The maximum absolute atomic E-state index is 10.9. The third kappa shape index (κ3) is 2.53. The first-order chi connectivity index (χ1) is 8.20. The molecule has 17 heavy (non-hydrogen) atoms. The Hall–Kier alpha value is -2.09. The summed E-state index contributed by atoms with van der Waals surface area (Å²) >= 11 is 0. The van der Waals surface area contributed by atoms with Crippen molar-refractivity contribution >= 4 is 22.6 Å². The molecule has 2 heteroatoms. The minimum absolute atomic E-state index is 0.0514.